The first-order chi connectivity index (χ1) is 9.00. The van der Waals surface area contributed by atoms with Crippen LogP contribution < -0.4 is 9.46 Å². The molecule has 0 aromatic heterocycles. The van der Waals surface area contributed by atoms with E-state index in [1.807, 2.05) is 6.07 Å². The van der Waals surface area contributed by atoms with Crippen LogP contribution in [0.5, 0.6) is 5.75 Å². The molecule has 0 aliphatic carbocycles. The third kappa shape index (κ3) is 3.24. The van der Waals surface area contributed by atoms with Crippen LogP contribution in [0.4, 0.5) is 0 Å². The number of hydrogen-bond donors (Lipinski definition) is 2. The summed E-state index contributed by atoms with van der Waals surface area (Å²) in [6.45, 7) is 0.583. The maximum atomic E-state index is 12.1. The number of carboxylic acids is 1. The van der Waals surface area contributed by atoms with Crippen molar-refractivity contribution in [3.05, 3.63) is 23.8 Å². The van der Waals surface area contributed by atoms with Crippen molar-refractivity contribution < 1.29 is 23.1 Å². The van der Waals surface area contributed by atoms with Crippen molar-refractivity contribution in [3.8, 4) is 5.75 Å². The maximum absolute atomic E-state index is 12.1. The summed E-state index contributed by atoms with van der Waals surface area (Å²) in [5.74, 6) is -0.531. The second-order valence-corrected chi connectivity index (χ2v) is 5.97. The number of carbonyl (C=O) groups is 1. The van der Waals surface area contributed by atoms with E-state index in [1.54, 1.807) is 6.07 Å². The molecule has 1 aromatic rings. The average Bonchev–Trinajstić information content (AvgIpc) is 2.82. The van der Waals surface area contributed by atoms with Crippen molar-refractivity contribution >= 4 is 16.0 Å². The van der Waals surface area contributed by atoms with Crippen LogP contribution in [0.3, 0.4) is 0 Å². The van der Waals surface area contributed by atoms with Gasteiger partial charge in [-0.1, -0.05) is 12.1 Å². The minimum Gasteiger partial charge on any atom is -0.492 e. The Kier molecular flexibility index (Phi) is 4.06. The lowest BCUT2D eigenvalue weighted by Crippen LogP contribution is -2.25. The van der Waals surface area contributed by atoms with Crippen molar-refractivity contribution in [2.75, 3.05) is 13.2 Å². The number of carboxylic acid groups (broad SMARTS) is 1. The van der Waals surface area contributed by atoms with E-state index >= 15 is 0 Å². The molecule has 0 spiro atoms. The van der Waals surface area contributed by atoms with Gasteiger partial charge in [-0.15, -0.1) is 0 Å². The summed E-state index contributed by atoms with van der Waals surface area (Å²) in [6.07, 6.45) is 0.897. The summed E-state index contributed by atoms with van der Waals surface area (Å²) in [5, 5.41) is 8.49. The highest BCUT2D eigenvalue weighted by Gasteiger charge is 2.24. The zero-order valence-electron chi connectivity index (χ0n) is 10.3. The molecule has 19 heavy (non-hydrogen) atoms. The van der Waals surface area contributed by atoms with E-state index in [9.17, 15) is 13.2 Å². The fraction of sp³-hybridized carbons (Fsp3) is 0.417. The quantitative estimate of drug-likeness (QED) is 0.753. The maximum Gasteiger partial charge on any atom is 0.303 e. The summed E-state index contributed by atoms with van der Waals surface area (Å²) in [4.78, 5) is 10.5. The van der Waals surface area contributed by atoms with Crippen LogP contribution in [0.15, 0.2) is 23.1 Å². The minimum atomic E-state index is -3.65. The predicted octanol–water partition coefficient (Wildman–Crippen LogP) is 0.765. The lowest BCUT2D eigenvalue weighted by atomic mass is 10.2. The van der Waals surface area contributed by atoms with E-state index in [0.717, 1.165) is 5.56 Å². The van der Waals surface area contributed by atoms with Gasteiger partial charge in [-0.25, -0.2) is 13.1 Å². The van der Waals surface area contributed by atoms with E-state index in [0.29, 0.717) is 18.8 Å². The largest absolute Gasteiger partial charge is 0.492 e. The van der Waals surface area contributed by atoms with Crippen LogP contribution in [0.2, 0.25) is 0 Å². The normalized spacial score (nSPS) is 13.9. The molecule has 0 amide bonds. The third-order valence-corrected chi connectivity index (χ3v) is 4.31. The zero-order chi connectivity index (χ0) is 13.9. The van der Waals surface area contributed by atoms with Crippen molar-refractivity contribution in [1.29, 1.82) is 0 Å². The second kappa shape index (κ2) is 5.58. The van der Waals surface area contributed by atoms with Gasteiger partial charge in [0.25, 0.3) is 0 Å². The smallest absolute Gasteiger partial charge is 0.303 e. The standard InChI is InChI=1S/C12H15NO5S/c14-11(15)5-2-7-13-19(16,17)10-4-1-3-9-6-8-18-12(9)10/h1,3-4,13H,2,5-8H2,(H,14,15). The Morgan fingerprint density at radius 2 is 2.21 bits per heavy atom. The molecule has 1 aliphatic rings. The molecule has 0 fully saturated rings. The van der Waals surface area contributed by atoms with Gasteiger partial charge in [0.15, 0.2) is 0 Å². The number of para-hydroxylation sites is 1. The molecule has 0 unspecified atom stereocenters. The fourth-order valence-corrected chi connectivity index (χ4v) is 3.18. The minimum absolute atomic E-state index is 0.0636. The molecular formula is C12H15NO5S. The lowest BCUT2D eigenvalue weighted by Gasteiger charge is -2.09. The summed E-state index contributed by atoms with van der Waals surface area (Å²) in [7, 11) is -3.65. The van der Waals surface area contributed by atoms with Crippen LogP contribution in [-0.2, 0) is 21.2 Å². The average molecular weight is 285 g/mol. The highest BCUT2D eigenvalue weighted by molar-refractivity contribution is 7.89. The molecule has 1 heterocycles. The molecule has 0 bridgehead atoms. The van der Waals surface area contributed by atoms with Gasteiger partial charge in [-0.3, -0.25) is 4.79 Å². The van der Waals surface area contributed by atoms with E-state index in [4.69, 9.17) is 9.84 Å². The van der Waals surface area contributed by atoms with Crippen LogP contribution in [0.1, 0.15) is 18.4 Å². The second-order valence-electron chi connectivity index (χ2n) is 4.24. The van der Waals surface area contributed by atoms with Gasteiger partial charge in [-0.2, -0.15) is 0 Å². The summed E-state index contributed by atoms with van der Waals surface area (Å²) >= 11 is 0. The Morgan fingerprint density at radius 3 is 2.95 bits per heavy atom. The number of fused-ring (bicyclic) bond motifs is 1. The van der Waals surface area contributed by atoms with Crippen molar-refractivity contribution in [2.24, 2.45) is 0 Å². The zero-order valence-corrected chi connectivity index (χ0v) is 11.1. The molecule has 0 radical (unpaired) electrons. The van der Waals surface area contributed by atoms with Crippen LogP contribution in [0.25, 0.3) is 0 Å². The van der Waals surface area contributed by atoms with E-state index in [2.05, 4.69) is 4.72 Å². The summed E-state index contributed by atoms with van der Waals surface area (Å²) < 4.78 is 31.9. The molecule has 0 atom stereocenters. The van der Waals surface area contributed by atoms with Gasteiger partial charge in [0, 0.05) is 19.4 Å². The highest BCUT2D eigenvalue weighted by Crippen LogP contribution is 2.32. The number of hydrogen-bond acceptors (Lipinski definition) is 4. The van der Waals surface area contributed by atoms with Gasteiger partial charge in [-0.05, 0) is 18.1 Å². The first kappa shape index (κ1) is 13.8. The number of ether oxygens (including phenoxy) is 1. The number of sulfonamides is 1. The molecule has 2 N–H and O–H groups in total. The monoisotopic (exact) mass is 285 g/mol. The van der Waals surface area contributed by atoms with Gasteiger partial charge in [0.05, 0.1) is 6.61 Å². The molecule has 2 rings (SSSR count). The molecule has 0 saturated heterocycles. The number of aliphatic carboxylic acids is 1. The summed E-state index contributed by atoms with van der Waals surface area (Å²) in [5.41, 5.74) is 0.883. The van der Waals surface area contributed by atoms with Crippen LogP contribution >= 0.6 is 0 Å². The number of rotatable bonds is 6. The van der Waals surface area contributed by atoms with Crippen LogP contribution in [-0.4, -0.2) is 32.6 Å². The molecule has 1 aromatic carbocycles. The first-order valence-corrected chi connectivity index (χ1v) is 7.45. The molecular weight excluding hydrogens is 270 g/mol. The number of nitrogens with one attached hydrogen (secondary N) is 1. The van der Waals surface area contributed by atoms with Crippen LogP contribution in [0, 0.1) is 0 Å². The fourth-order valence-electron chi connectivity index (χ4n) is 1.92. The van der Waals surface area contributed by atoms with E-state index in [1.165, 1.54) is 6.07 Å². The van der Waals surface area contributed by atoms with Crippen molar-refractivity contribution in [2.45, 2.75) is 24.2 Å². The Balaban J connectivity index is 2.08. The van der Waals surface area contributed by atoms with Crippen molar-refractivity contribution in [1.82, 2.24) is 4.72 Å². The number of benzene rings is 1. The third-order valence-electron chi connectivity index (χ3n) is 2.83. The Hall–Kier alpha value is -1.60. The molecule has 0 saturated carbocycles. The van der Waals surface area contributed by atoms with Gasteiger partial charge in [0.1, 0.15) is 10.6 Å². The molecule has 1 aliphatic heterocycles. The molecule has 7 heteroatoms. The lowest BCUT2D eigenvalue weighted by molar-refractivity contribution is -0.137. The summed E-state index contributed by atoms with van der Waals surface area (Å²) in [6, 6.07) is 5.01. The van der Waals surface area contributed by atoms with Gasteiger partial charge in [0.2, 0.25) is 10.0 Å². The SMILES string of the molecule is O=C(O)CCCNS(=O)(=O)c1cccc2c1OCC2. The van der Waals surface area contributed by atoms with Crippen molar-refractivity contribution in [3.63, 3.8) is 0 Å². The molecule has 104 valence electrons. The Labute approximate surface area is 111 Å². The van der Waals surface area contributed by atoms with Gasteiger partial charge < -0.3 is 9.84 Å². The van der Waals surface area contributed by atoms with E-state index in [-0.39, 0.29) is 24.3 Å². The topological polar surface area (TPSA) is 92.7 Å². The van der Waals surface area contributed by atoms with E-state index < -0.39 is 16.0 Å². The Morgan fingerprint density at radius 1 is 1.42 bits per heavy atom. The Bertz CT molecular complexity index is 582. The predicted molar refractivity (Wildman–Crippen MR) is 67.7 cm³/mol. The highest BCUT2D eigenvalue weighted by atomic mass is 32.2. The molecule has 6 nitrogen and oxygen atoms in total. The van der Waals surface area contributed by atoms with Gasteiger partial charge >= 0.3 is 5.97 Å². The first-order valence-electron chi connectivity index (χ1n) is 5.97.